The van der Waals surface area contributed by atoms with E-state index in [1.165, 1.54) is 30.1 Å². The number of anilines is 1. The fraction of sp³-hybridized carbons (Fsp3) is 0.300. The van der Waals surface area contributed by atoms with E-state index >= 15 is 0 Å². The van der Waals surface area contributed by atoms with Crippen LogP contribution in [0.3, 0.4) is 0 Å². The molecule has 0 radical (unpaired) electrons. The number of sulfonamides is 1. The van der Waals surface area contributed by atoms with Gasteiger partial charge in [-0.3, -0.25) is 13.9 Å². The lowest BCUT2D eigenvalue weighted by Gasteiger charge is -2.31. The Morgan fingerprint density at radius 1 is 1.06 bits per heavy atom. The highest BCUT2D eigenvalue weighted by atomic mass is 35.5. The number of carbonyl (C=O) groups is 2. The van der Waals surface area contributed by atoms with Crippen LogP contribution in [0.1, 0.15) is 12.5 Å². The van der Waals surface area contributed by atoms with Crippen molar-refractivity contribution in [2.24, 2.45) is 0 Å². The third kappa shape index (κ3) is 6.74. The van der Waals surface area contributed by atoms with E-state index in [2.05, 4.69) is 5.32 Å². The average molecular weight is 507 g/mol. The molecule has 0 aromatic heterocycles. The standard InChI is InChI=1S/C20H22Cl3N3O4S/c1-13(20(28)24-2)25(11-14-5-4-6-15(21)9-14)19(27)12-26(31(3,29)30)18-8-7-16(22)10-17(18)23/h4-10,13H,11-12H2,1-3H3,(H,24,28). The first-order valence-electron chi connectivity index (χ1n) is 9.12. The van der Waals surface area contributed by atoms with E-state index in [-0.39, 0.29) is 17.3 Å². The molecule has 168 valence electrons. The van der Waals surface area contributed by atoms with Crippen molar-refractivity contribution in [1.29, 1.82) is 0 Å². The van der Waals surface area contributed by atoms with Gasteiger partial charge in [-0.2, -0.15) is 0 Å². The van der Waals surface area contributed by atoms with Gasteiger partial charge in [-0.25, -0.2) is 8.42 Å². The molecule has 0 saturated carbocycles. The van der Waals surface area contributed by atoms with Gasteiger partial charge >= 0.3 is 0 Å². The predicted molar refractivity (Wildman–Crippen MR) is 124 cm³/mol. The van der Waals surface area contributed by atoms with Crippen LogP contribution in [0, 0.1) is 0 Å². The number of halogens is 3. The summed E-state index contributed by atoms with van der Waals surface area (Å²) in [5.41, 5.74) is 0.796. The van der Waals surface area contributed by atoms with Gasteiger partial charge in [-0.1, -0.05) is 46.9 Å². The molecule has 1 unspecified atom stereocenters. The van der Waals surface area contributed by atoms with Gasteiger partial charge in [0.05, 0.1) is 17.0 Å². The molecule has 31 heavy (non-hydrogen) atoms. The van der Waals surface area contributed by atoms with Crippen LogP contribution in [-0.2, 0) is 26.2 Å². The number of amides is 2. The molecule has 0 bridgehead atoms. The fourth-order valence-corrected chi connectivity index (χ4v) is 4.54. The van der Waals surface area contributed by atoms with Gasteiger partial charge in [-0.05, 0) is 42.8 Å². The Hall–Kier alpha value is -2.00. The maximum atomic E-state index is 13.2. The summed E-state index contributed by atoms with van der Waals surface area (Å²) in [6.45, 7) is 1.06. The second-order valence-corrected chi connectivity index (χ2v) is 9.99. The summed E-state index contributed by atoms with van der Waals surface area (Å²) in [6.07, 6.45) is 0.967. The Morgan fingerprint density at radius 2 is 1.71 bits per heavy atom. The number of hydrogen-bond donors (Lipinski definition) is 1. The van der Waals surface area contributed by atoms with Crippen molar-refractivity contribution in [2.45, 2.75) is 19.5 Å². The molecule has 0 aliphatic rings. The minimum absolute atomic E-state index is 0.0555. The lowest BCUT2D eigenvalue weighted by atomic mass is 10.1. The quantitative estimate of drug-likeness (QED) is 0.593. The van der Waals surface area contributed by atoms with Crippen molar-refractivity contribution in [3.63, 3.8) is 0 Å². The normalized spacial score (nSPS) is 12.2. The van der Waals surface area contributed by atoms with Crippen molar-refractivity contribution in [1.82, 2.24) is 10.2 Å². The summed E-state index contributed by atoms with van der Waals surface area (Å²) in [5, 5.41) is 3.38. The van der Waals surface area contributed by atoms with Crippen molar-refractivity contribution in [3.8, 4) is 0 Å². The zero-order chi connectivity index (χ0) is 23.3. The third-order valence-corrected chi connectivity index (χ3v) is 6.41. The number of rotatable bonds is 8. The van der Waals surface area contributed by atoms with Crippen LogP contribution in [0.4, 0.5) is 5.69 Å². The minimum atomic E-state index is -3.88. The zero-order valence-corrected chi connectivity index (χ0v) is 20.2. The molecule has 0 aliphatic carbocycles. The van der Waals surface area contributed by atoms with Crippen LogP contribution >= 0.6 is 34.8 Å². The van der Waals surface area contributed by atoms with Crippen LogP contribution in [-0.4, -0.2) is 51.0 Å². The first-order valence-corrected chi connectivity index (χ1v) is 12.1. The summed E-state index contributed by atoms with van der Waals surface area (Å²) < 4.78 is 25.8. The molecule has 2 aromatic rings. The molecule has 0 fully saturated rings. The number of benzene rings is 2. The first-order chi connectivity index (χ1) is 14.4. The summed E-state index contributed by atoms with van der Waals surface area (Å²) in [5.74, 6) is -0.988. The van der Waals surface area contributed by atoms with Crippen molar-refractivity contribution in [3.05, 3.63) is 63.1 Å². The Balaban J connectivity index is 2.42. The highest BCUT2D eigenvalue weighted by Gasteiger charge is 2.30. The average Bonchev–Trinajstić information content (AvgIpc) is 2.68. The van der Waals surface area contributed by atoms with E-state index in [4.69, 9.17) is 34.8 Å². The van der Waals surface area contributed by atoms with E-state index in [1.807, 2.05) is 0 Å². The van der Waals surface area contributed by atoms with Gasteiger partial charge in [0.2, 0.25) is 21.8 Å². The largest absolute Gasteiger partial charge is 0.357 e. The first kappa shape index (κ1) is 25.3. The Kier molecular flexibility index (Phi) is 8.59. The summed E-state index contributed by atoms with van der Waals surface area (Å²) in [6, 6.07) is 10.3. The topological polar surface area (TPSA) is 86.8 Å². The molecule has 2 aromatic carbocycles. The van der Waals surface area contributed by atoms with Crippen LogP contribution in [0.2, 0.25) is 15.1 Å². The van der Waals surface area contributed by atoms with Gasteiger partial charge in [0.15, 0.2) is 0 Å². The van der Waals surface area contributed by atoms with Gasteiger partial charge in [0.25, 0.3) is 0 Å². The van der Waals surface area contributed by atoms with Crippen LogP contribution in [0.5, 0.6) is 0 Å². The van der Waals surface area contributed by atoms with Crippen LogP contribution in [0.15, 0.2) is 42.5 Å². The van der Waals surface area contributed by atoms with Gasteiger partial charge in [0, 0.05) is 23.6 Å². The number of nitrogens with one attached hydrogen (secondary N) is 1. The molecule has 0 heterocycles. The maximum absolute atomic E-state index is 13.2. The van der Waals surface area contributed by atoms with Crippen LogP contribution < -0.4 is 9.62 Å². The Labute approximate surface area is 196 Å². The molecule has 0 aliphatic heterocycles. The fourth-order valence-electron chi connectivity index (χ4n) is 2.90. The Bertz CT molecular complexity index is 1080. The van der Waals surface area contributed by atoms with Crippen molar-refractivity contribution < 1.29 is 18.0 Å². The minimum Gasteiger partial charge on any atom is -0.357 e. The van der Waals surface area contributed by atoms with Crippen molar-refractivity contribution >= 4 is 62.3 Å². The van der Waals surface area contributed by atoms with E-state index in [9.17, 15) is 18.0 Å². The highest BCUT2D eigenvalue weighted by Crippen LogP contribution is 2.30. The number of likely N-dealkylation sites (N-methyl/N-ethyl adjacent to an activating group) is 1. The predicted octanol–water partition coefficient (Wildman–Crippen LogP) is 3.58. The molecule has 11 heteroatoms. The van der Waals surface area contributed by atoms with E-state index in [0.717, 1.165) is 10.6 Å². The lowest BCUT2D eigenvalue weighted by Crippen LogP contribution is -2.50. The summed E-state index contributed by atoms with van der Waals surface area (Å²) >= 11 is 18.1. The maximum Gasteiger partial charge on any atom is 0.244 e. The molecule has 2 amide bonds. The molecular formula is C20H22Cl3N3O4S. The van der Waals surface area contributed by atoms with Gasteiger partial charge in [-0.15, -0.1) is 0 Å². The smallest absolute Gasteiger partial charge is 0.244 e. The highest BCUT2D eigenvalue weighted by molar-refractivity contribution is 7.92. The molecule has 1 atom stereocenters. The molecular weight excluding hydrogens is 485 g/mol. The monoisotopic (exact) mass is 505 g/mol. The second-order valence-electron chi connectivity index (χ2n) is 6.81. The van der Waals surface area contributed by atoms with E-state index in [1.54, 1.807) is 31.2 Å². The number of hydrogen-bond acceptors (Lipinski definition) is 4. The molecule has 0 saturated heterocycles. The zero-order valence-electron chi connectivity index (χ0n) is 17.1. The lowest BCUT2D eigenvalue weighted by molar-refractivity contribution is -0.139. The van der Waals surface area contributed by atoms with Crippen LogP contribution in [0.25, 0.3) is 0 Å². The SMILES string of the molecule is CNC(=O)C(C)N(Cc1cccc(Cl)c1)C(=O)CN(c1ccc(Cl)cc1Cl)S(C)(=O)=O. The van der Waals surface area contributed by atoms with Gasteiger partial charge in [0.1, 0.15) is 12.6 Å². The molecule has 1 N–H and O–H groups in total. The Morgan fingerprint density at radius 3 is 2.26 bits per heavy atom. The summed E-state index contributed by atoms with van der Waals surface area (Å²) in [7, 11) is -2.42. The molecule has 2 rings (SSSR count). The number of nitrogens with zero attached hydrogens (tertiary/aromatic N) is 2. The third-order valence-electron chi connectivity index (χ3n) is 4.51. The second kappa shape index (κ2) is 10.5. The van der Waals surface area contributed by atoms with Gasteiger partial charge < -0.3 is 10.2 Å². The number of carbonyl (C=O) groups excluding carboxylic acids is 2. The molecule has 0 spiro atoms. The molecule has 7 nitrogen and oxygen atoms in total. The van der Waals surface area contributed by atoms with Crippen molar-refractivity contribution in [2.75, 3.05) is 24.2 Å². The van der Waals surface area contributed by atoms with E-state index < -0.39 is 34.4 Å². The summed E-state index contributed by atoms with van der Waals surface area (Å²) in [4.78, 5) is 26.8. The van der Waals surface area contributed by atoms with E-state index in [0.29, 0.717) is 15.6 Å².